The number of aromatic nitrogens is 3. The van der Waals surface area contributed by atoms with E-state index >= 15 is 0 Å². The second-order valence-corrected chi connectivity index (χ2v) is 9.41. The second kappa shape index (κ2) is 10.2. The lowest BCUT2D eigenvalue weighted by atomic mass is 10.1. The molecule has 1 amide bonds. The van der Waals surface area contributed by atoms with Crippen molar-refractivity contribution in [3.8, 4) is 0 Å². The van der Waals surface area contributed by atoms with E-state index < -0.39 is 66.7 Å². The fourth-order valence-corrected chi connectivity index (χ4v) is 4.88. The van der Waals surface area contributed by atoms with Crippen molar-refractivity contribution in [1.82, 2.24) is 14.8 Å². The molecule has 0 radical (unpaired) electrons. The molecule has 20 nitrogen and oxygen atoms in total. The first kappa shape index (κ1) is 25.4. The molecule has 6 N–H and O–H groups in total. The highest BCUT2D eigenvalue weighted by atomic mass is 31.3. The lowest BCUT2D eigenvalue weighted by Crippen LogP contribution is -2.32. The molecule has 0 spiro atoms. The van der Waals surface area contributed by atoms with Crippen LogP contribution >= 0.6 is 23.9 Å². The summed E-state index contributed by atoms with van der Waals surface area (Å²) in [6.45, 7) is -0.767. The highest BCUT2D eigenvalue weighted by molar-refractivity contribution is 7.64. The monoisotopic (exact) mass is 508 g/mol. The van der Waals surface area contributed by atoms with Crippen LogP contribution < -0.4 is 5.73 Å². The number of aliphatic hydroxyl groups excluding tert-OH is 1. The van der Waals surface area contributed by atoms with Crippen molar-refractivity contribution in [2.24, 2.45) is 10.8 Å². The molecule has 3 unspecified atom stereocenters. The predicted molar refractivity (Wildman–Crippen MR) is 90.5 cm³/mol. The van der Waals surface area contributed by atoms with Crippen molar-refractivity contribution < 1.29 is 61.2 Å². The SMILES string of the molecule is [N-]=[N+]=N[C@H]1[C@@H](O)[C@H](n2cnc(C(N)=O)n2)O[C@@H]1CO[P+](=O)OP(=O)(O)OP(=O)(O)OO. The van der Waals surface area contributed by atoms with E-state index in [1.165, 1.54) is 0 Å². The number of nitrogens with zero attached hydrogens (tertiary/aromatic N) is 6. The molecular weight excluding hydrogens is 495 g/mol. The van der Waals surface area contributed by atoms with E-state index in [2.05, 4.69) is 37.9 Å². The number of aliphatic hydroxyl groups is 1. The van der Waals surface area contributed by atoms with Crippen molar-refractivity contribution in [2.45, 2.75) is 24.5 Å². The maximum Gasteiger partial charge on any atom is 0.708 e. The van der Waals surface area contributed by atoms with Crippen molar-refractivity contribution in [3.63, 3.8) is 0 Å². The van der Waals surface area contributed by atoms with Crippen molar-refractivity contribution in [2.75, 3.05) is 6.61 Å². The molecule has 7 atom stereocenters. The lowest BCUT2D eigenvalue weighted by Gasteiger charge is -2.14. The van der Waals surface area contributed by atoms with Gasteiger partial charge in [-0.2, -0.15) is 4.31 Å². The molecule has 0 saturated carbocycles. The second-order valence-electron chi connectivity index (χ2n) is 5.37. The first-order valence-electron chi connectivity index (χ1n) is 7.48. The van der Waals surface area contributed by atoms with Gasteiger partial charge in [0.2, 0.25) is 5.82 Å². The van der Waals surface area contributed by atoms with Crippen LogP contribution in [-0.2, 0) is 36.3 Å². The van der Waals surface area contributed by atoms with Crippen LogP contribution in [0.15, 0.2) is 11.4 Å². The highest BCUT2D eigenvalue weighted by Crippen LogP contribution is 2.63. The first-order valence-corrected chi connectivity index (χ1v) is 11.6. The summed E-state index contributed by atoms with van der Waals surface area (Å²) in [5.41, 5.74) is 13.7. The standard InChI is InChI=1S/C8H12N7O13P3/c9-6(17)7-11-2-15(13-7)8-5(16)4(12-14-10)3(25-8)1-24-29(19)27-31(22,23)28-30(20,21)26-18/h2-5,8,16H,1H2,(H4-,9,17,18,20,21,22,23)/p+1/t3-,4-,5-,8-/m1/s1. The minimum absolute atomic E-state index is 0.404. The largest absolute Gasteiger partial charge is 0.708 e. The summed E-state index contributed by atoms with van der Waals surface area (Å²) in [5, 5.41) is 25.3. The summed E-state index contributed by atoms with van der Waals surface area (Å²) in [6, 6.07) is -1.35. The number of hydrogen-bond acceptors (Lipinski definition) is 14. The van der Waals surface area contributed by atoms with Crippen LogP contribution in [0.25, 0.3) is 10.4 Å². The quantitative estimate of drug-likeness (QED) is 0.0640. The molecule has 0 bridgehead atoms. The van der Waals surface area contributed by atoms with Gasteiger partial charge in [-0.15, -0.1) is 14.3 Å². The Morgan fingerprint density at radius 1 is 1.45 bits per heavy atom. The van der Waals surface area contributed by atoms with Crippen LogP contribution in [0.4, 0.5) is 0 Å². The van der Waals surface area contributed by atoms with Gasteiger partial charge in [0.1, 0.15) is 19.0 Å². The maximum absolute atomic E-state index is 11.7. The fourth-order valence-electron chi connectivity index (χ4n) is 2.20. The minimum atomic E-state index is -5.50. The Labute approximate surface area is 171 Å². The van der Waals surface area contributed by atoms with E-state index in [0.29, 0.717) is 0 Å². The first-order chi connectivity index (χ1) is 14.4. The molecule has 2 heterocycles. The topological polar surface area (TPSA) is 301 Å². The maximum atomic E-state index is 11.7. The van der Waals surface area contributed by atoms with E-state index in [1.807, 2.05) is 0 Å². The van der Waals surface area contributed by atoms with Crippen LogP contribution in [-0.4, -0.2) is 65.7 Å². The number of hydrogen-bond donors (Lipinski definition) is 5. The Balaban J connectivity index is 2.04. The molecular formula is C8H13N7O13P3+. The van der Waals surface area contributed by atoms with Gasteiger partial charge in [0.05, 0.1) is 12.1 Å². The lowest BCUT2D eigenvalue weighted by molar-refractivity contribution is -0.157. The molecule has 1 aromatic heterocycles. The molecule has 1 fully saturated rings. The molecule has 31 heavy (non-hydrogen) atoms. The highest BCUT2D eigenvalue weighted by Gasteiger charge is 2.48. The molecule has 1 saturated heterocycles. The van der Waals surface area contributed by atoms with E-state index in [4.69, 9.17) is 26.2 Å². The van der Waals surface area contributed by atoms with Gasteiger partial charge in [-0.3, -0.25) is 9.69 Å². The van der Waals surface area contributed by atoms with Gasteiger partial charge in [-0.05, 0) is 9.84 Å². The smallest absolute Gasteiger partial charge is 0.388 e. The van der Waals surface area contributed by atoms with Gasteiger partial charge < -0.3 is 20.5 Å². The van der Waals surface area contributed by atoms with Gasteiger partial charge in [0.25, 0.3) is 5.91 Å². The van der Waals surface area contributed by atoms with Crippen molar-refractivity contribution >= 4 is 29.8 Å². The number of phosphoric acid groups is 2. The summed E-state index contributed by atoms with van der Waals surface area (Å²) < 4.78 is 55.3. The number of carbonyl (C=O) groups is 1. The molecule has 1 aromatic rings. The number of amides is 1. The van der Waals surface area contributed by atoms with E-state index in [-0.39, 0.29) is 0 Å². The molecule has 23 heteroatoms. The fraction of sp³-hybridized carbons (Fsp3) is 0.625. The Morgan fingerprint density at radius 3 is 2.68 bits per heavy atom. The zero-order valence-corrected chi connectivity index (χ0v) is 17.3. The molecule has 2 rings (SSSR count). The number of primary amides is 1. The molecule has 1 aliphatic rings. The summed E-state index contributed by atoms with van der Waals surface area (Å²) in [7, 11) is -14.4. The van der Waals surface area contributed by atoms with Crippen LogP contribution in [0.3, 0.4) is 0 Å². The third kappa shape index (κ3) is 6.80. The zero-order valence-electron chi connectivity index (χ0n) is 14.7. The number of azide groups is 1. The number of carbonyl (C=O) groups excluding carboxylic acids is 1. The number of nitrogens with two attached hydrogens (primary N) is 1. The normalized spacial score (nSPS) is 27.7. The Morgan fingerprint density at radius 2 is 2.13 bits per heavy atom. The predicted octanol–water partition coefficient (Wildman–Crippen LogP) is -0.288. The van der Waals surface area contributed by atoms with Gasteiger partial charge in [-0.25, -0.2) is 24.1 Å². The van der Waals surface area contributed by atoms with E-state index in [0.717, 1.165) is 11.0 Å². The van der Waals surface area contributed by atoms with Crippen molar-refractivity contribution in [1.29, 1.82) is 0 Å². The zero-order chi connectivity index (χ0) is 23.4. The molecule has 0 aliphatic carbocycles. The van der Waals surface area contributed by atoms with E-state index in [9.17, 15) is 28.5 Å². The van der Waals surface area contributed by atoms with Gasteiger partial charge in [0, 0.05) is 9.48 Å². The third-order valence-electron chi connectivity index (χ3n) is 3.34. The Hall–Kier alpha value is -1.88. The number of rotatable bonds is 11. The average molecular weight is 508 g/mol. The summed E-state index contributed by atoms with van der Waals surface area (Å²) >= 11 is 0. The van der Waals surface area contributed by atoms with Gasteiger partial charge in [-0.1, -0.05) is 5.11 Å². The van der Waals surface area contributed by atoms with Crippen LogP contribution in [0.5, 0.6) is 0 Å². The number of ether oxygens (including phenoxy) is 1. The van der Waals surface area contributed by atoms with Gasteiger partial charge in [0.15, 0.2) is 6.23 Å². The van der Waals surface area contributed by atoms with E-state index in [1.54, 1.807) is 0 Å². The average Bonchev–Trinajstić information content (AvgIpc) is 3.25. The van der Waals surface area contributed by atoms with Gasteiger partial charge >= 0.3 is 23.9 Å². The summed E-state index contributed by atoms with van der Waals surface area (Å²) in [6.07, 6.45) is -3.23. The molecule has 0 aromatic carbocycles. The van der Waals surface area contributed by atoms with Crippen LogP contribution in [0.2, 0.25) is 0 Å². The minimum Gasteiger partial charge on any atom is -0.388 e. The van der Waals surface area contributed by atoms with Crippen molar-refractivity contribution in [3.05, 3.63) is 22.6 Å². The summed E-state index contributed by atoms with van der Waals surface area (Å²) in [5.74, 6) is -1.37. The van der Waals surface area contributed by atoms with Crippen LogP contribution in [0.1, 0.15) is 16.8 Å². The molecule has 172 valence electrons. The van der Waals surface area contributed by atoms with Crippen LogP contribution in [0, 0.1) is 0 Å². The Bertz CT molecular complexity index is 980. The Kier molecular flexibility index (Phi) is 8.32. The molecule has 1 aliphatic heterocycles. The summed E-state index contributed by atoms with van der Waals surface area (Å²) in [4.78, 5) is 35.1. The third-order valence-corrected chi connectivity index (χ3v) is 6.91.